The first-order valence-corrected chi connectivity index (χ1v) is 10.7. The zero-order valence-electron chi connectivity index (χ0n) is 16.1. The normalized spacial score (nSPS) is 13.2. The summed E-state index contributed by atoms with van der Waals surface area (Å²) >= 11 is 0. The van der Waals surface area contributed by atoms with Crippen molar-refractivity contribution in [2.75, 3.05) is 19.5 Å². The van der Waals surface area contributed by atoms with E-state index < -0.39 is 41.3 Å². The summed E-state index contributed by atoms with van der Waals surface area (Å²) in [5.74, 6) is -0.652. The molecule has 0 bridgehead atoms. The van der Waals surface area contributed by atoms with Gasteiger partial charge in [-0.15, -0.1) is 0 Å². The number of aliphatic hydroxyl groups is 1. The second-order valence-corrected chi connectivity index (χ2v) is 8.26. The van der Waals surface area contributed by atoms with Crippen LogP contribution in [0.2, 0.25) is 0 Å². The number of alkyl halides is 1. The Morgan fingerprint density at radius 1 is 1.27 bits per heavy atom. The smallest absolute Gasteiger partial charge is 0.249 e. The molecule has 4 N–H and O–H groups in total. The molecule has 2 unspecified atom stereocenters. The van der Waals surface area contributed by atoms with E-state index in [2.05, 4.69) is 25.0 Å². The molecular weight excluding hydrogens is 415 g/mol. The summed E-state index contributed by atoms with van der Waals surface area (Å²) in [6.07, 6.45) is 1.39. The van der Waals surface area contributed by atoms with Gasteiger partial charge in [0.2, 0.25) is 27.4 Å². The number of carbonyl (C=O) groups is 1. The fourth-order valence-corrected chi connectivity index (χ4v) is 2.97. The van der Waals surface area contributed by atoms with Gasteiger partial charge in [0.15, 0.2) is 0 Å². The largest absolute Gasteiger partial charge is 0.386 e. The van der Waals surface area contributed by atoms with Crippen molar-refractivity contribution >= 4 is 15.9 Å². The predicted molar refractivity (Wildman–Crippen MR) is 106 cm³/mol. The topological polar surface area (TPSA) is 159 Å². The highest BCUT2D eigenvalue weighted by atomic mass is 32.2. The molecule has 0 saturated carbocycles. The number of amides is 1. The van der Waals surface area contributed by atoms with Crippen LogP contribution in [-0.2, 0) is 21.4 Å². The van der Waals surface area contributed by atoms with E-state index in [0.717, 1.165) is 17.4 Å². The molecule has 2 rings (SSSR count). The van der Waals surface area contributed by atoms with Gasteiger partial charge in [0, 0.05) is 11.8 Å². The van der Waals surface area contributed by atoms with Crippen LogP contribution in [-0.4, -0.2) is 49.9 Å². The molecule has 10 nitrogen and oxygen atoms in total. The molecule has 0 radical (unpaired) electrons. The standard InChI is InChI=1S/C18H21FN6O4S/c1-30(28,29)23-10-15-7-6-14(9-21-15)12-2-4-13(5-3-12)18(27)16(8-19)24-17(26)11-22-25-20/h2-7,9,16,18,20,23,27H,8,10-11H2,1H3/p+1. The molecule has 12 heteroatoms. The van der Waals surface area contributed by atoms with Crippen LogP contribution in [0, 0.1) is 5.53 Å². The molecule has 160 valence electrons. The van der Waals surface area contributed by atoms with Gasteiger partial charge in [0.05, 0.1) is 24.5 Å². The van der Waals surface area contributed by atoms with E-state index in [0.29, 0.717) is 11.3 Å². The third kappa shape index (κ3) is 7.08. The highest BCUT2D eigenvalue weighted by molar-refractivity contribution is 7.88. The van der Waals surface area contributed by atoms with Gasteiger partial charge in [-0.1, -0.05) is 30.3 Å². The van der Waals surface area contributed by atoms with Crippen LogP contribution in [0.1, 0.15) is 17.4 Å². The molecular formula is C18H22FN6O4S+. The van der Waals surface area contributed by atoms with Crippen LogP contribution in [0.5, 0.6) is 0 Å². The lowest BCUT2D eigenvalue weighted by atomic mass is 9.99. The lowest BCUT2D eigenvalue weighted by Crippen LogP contribution is -2.42. The zero-order valence-corrected chi connectivity index (χ0v) is 16.9. The second-order valence-electron chi connectivity index (χ2n) is 6.43. The molecule has 0 saturated heterocycles. The quantitative estimate of drug-likeness (QED) is 0.320. The van der Waals surface area contributed by atoms with Crippen LogP contribution in [0.15, 0.2) is 47.7 Å². The van der Waals surface area contributed by atoms with Crippen molar-refractivity contribution in [2.24, 2.45) is 5.11 Å². The second kappa shape index (κ2) is 10.6. The maximum absolute atomic E-state index is 13.3. The highest BCUT2D eigenvalue weighted by Gasteiger charge is 2.23. The number of aliphatic hydroxyl groups excluding tert-OH is 1. The van der Waals surface area contributed by atoms with Gasteiger partial charge in [-0.3, -0.25) is 9.78 Å². The van der Waals surface area contributed by atoms with Gasteiger partial charge in [0.25, 0.3) is 0 Å². The number of pyridine rings is 1. The molecule has 0 fully saturated rings. The average Bonchev–Trinajstić information content (AvgIpc) is 2.74. The molecule has 0 spiro atoms. The fraction of sp³-hybridized carbons (Fsp3) is 0.333. The Hall–Kier alpha value is -3.05. The van der Waals surface area contributed by atoms with Crippen LogP contribution >= 0.6 is 0 Å². The lowest BCUT2D eigenvalue weighted by molar-refractivity contribution is -0.121. The van der Waals surface area contributed by atoms with Crippen molar-refractivity contribution < 1.29 is 22.7 Å². The summed E-state index contributed by atoms with van der Waals surface area (Å²) in [4.78, 5) is 18.5. The number of nitrogens with one attached hydrogen (secondary N) is 3. The third-order valence-corrected chi connectivity index (χ3v) is 4.77. The number of halogens is 1. The van der Waals surface area contributed by atoms with Crippen molar-refractivity contribution in [1.82, 2.24) is 19.9 Å². The van der Waals surface area contributed by atoms with Crippen molar-refractivity contribution in [2.45, 2.75) is 18.7 Å². The molecule has 1 aromatic heterocycles. The van der Waals surface area contributed by atoms with Gasteiger partial charge in [-0.25, -0.2) is 17.5 Å². The van der Waals surface area contributed by atoms with Gasteiger partial charge in [-0.05, 0) is 17.2 Å². The first-order chi connectivity index (χ1) is 14.2. The third-order valence-electron chi connectivity index (χ3n) is 4.10. The molecule has 1 heterocycles. The Bertz CT molecular complexity index is 1010. The first-order valence-electron chi connectivity index (χ1n) is 8.80. The number of sulfonamides is 1. The van der Waals surface area contributed by atoms with Crippen molar-refractivity contribution in [3.8, 4) is 11.1 Å². The fourth-order valence-electron chi connectivity index (χ4n) is 2.56. The summed E-state index contributed by atoms with van der Waals surface area (Å²) in [5.41, 5.74) is 9.04. The minimum absolute atomic E-state index is 0.0871. The predicted octanol–water partition coefficient (Wildman–Crippen LogP) is 0.836. The minimum atomic E-state index is -3.30. The van der Waals surface area contributed by atoms with E-state index in [9.17, 15) is 22.7 Å². The monoisotopic (exact) mass is 437 g/mol. The van der Waals surface area contributed by atoms with E-state index >= 15 is 0 Å². The molecule has 1 aromatic carbocycles. The molecule has 2 aromatic rings. The Kier molecular flexibility index (Phi) is 8.25. The van der Waals surface area contributed by atoms with E-state index in [1.807, 2.05) is 0 Å². The van der Waals surface area contributed by atoms with Gasteiger partial charge in [0.1, 0.15) is 23.4 Å². The van der Waals surface area contributed by atoms with Crippen molar-refractivity contribution in [3.05, 3.63) is 53.9 Å². The molecule has 0 aliphatic rings. The van der Waals surface area contributed by atoms with Crippen molar-refractivity contribution in [1.29, 1.82) is 5.53 Å². The molecule has 2 atom stereocenters. The Labute approximate surface area is 172 Å². The number of hydrogen-bond acceptors (Lipinski definition) is 7. The van der Waals surface area contributed by atoms with Gasteiger partial charge >= 0.3 is 0 Å². The first kappa shape index (κ1) is 23.2. The van der Waals surface area contributed by atoms with Crippen molar-refractivity contribution in [3.63, 3.8) is 0 Å². The Morgan fingerprint density at radius 2 is 1.93 bits per heavy atom. The summed E-state index contributed by atoms with van der Waals surface area (Å²) in [7, 11) is -3.30. The maximum Gasteiger partial charge on any atom is 0.249 e. The molecule has 1 amide bonds. The average molecular weight is 437 g/mol. The lowest BCUT2D eigenvalue weighted by Gasteiger charge is -2.21. The maximum atomic E-state index is 13.3. The molecule has 0 aliphatic carbocycles. The number of rotatable bonds is 10. The zero-order chi connectivity index (χ0) is 22.1. The summed E-state index contributed by atoms with van der Waals surface area (Å²) in [5, 5.41) is 15.9. The van der Waals surface area contributed by atoms with Gasteiger partial charge < -0.3 is 10.4 Å². The summed E-state index contributed by atoms with van der Waals surface area (Å²) in [6.45, 7) is -1.32. The van der Waals surface area contributed by atoms with Crippen LogP contribution in [0.3, 0.4) is 0 Å². The van der Waals surface area contributed by atoms with E-state index in [-0.39, 0.29) is 6.54 Å². The van der Waals surface area contributed by atoms with E-state index in [4.69, 9.17) is 5.53 Å². The number of carbonyl (C=O) groups excluding carboxylic acids is 1. The number of aromatic nitrogens is 1. The van der Waals surface area contributed by atoms with E-state index in [1.165, 1.54) is 0 Å². The minimum Gasteiger partial charge on any atom is -0.386 e. The highest BCUT2D eigenvalue weighted by Crippen LogP contribution is 2.23. The van der Waals surface area contributed by atoms with E-state index in [1.54, 1.807) is 42.6 Å². The number of benzene rings is 1. The SMILES string of the molecule is CS(=O)(=O)NCc1ccc(-c2ccc(C(O)C(CF)NC(=O)CN=[N+]=N)cc2)cn1. The summed E-state index contributed by atoms with van der Waals surface area (Å²) in [6, 6.07) is 8.97. The Morgan fingerprint density at radius 3 is 2.47 bits per heavy atom. The summed E-state index contributed by atoms with van der Waals surface area (Å²) < 4.78 is 37.9. The van der Waals surface area contributed by atoms with Gasteiger partial charge in [-0.2, -0.15) is 0 Å². The van der Waals surface area contributed by atoms with Crippen LogP contribution < -0.4 is 15.0 Å². The molecule has 0 aliphatic heterocycles. The molecule has 30 heavy (non-hydrogen) atoms. The number of hydrogen-bond donors (Lipinski definition) is 4. The Balaban J connectivity index is 2.06. The van der Waals surface area contributed by atoms with Crippen LogP contribution in [0.25, 0.3) is 11.1 Å². The number of nitrogens with zero attached hydrogens (tertiary/aromatic N) is 3. The van der Waals surface area contributed by atoms with Crippen LogP contribution in [0.4, 0.5) is 4.39 Å².